The minimum atomic E-state index is -0.136. The van der Waals surface area contributed by atoms with Gasteiger partial charge in [0.2, 0.25) is 0 Å². The second-order valence-electron chi connectivity index (χ2n) is 6.63. The number of benzene rings is 1. The minimum absolute atomic E-state index is 0.134. The van der Waals surface area contributed by atoms with E-state index in [1.54, 1.807) is 7.11 Å². The van der Waals surface area contributed by atoms with Crippen molar-refractivity contribution in [1.29, 1.82) is 0 Å². The largest absolute Gasteiger partial charge is 0.497 e. The Bertz CT molecular complexity index is 997. The number of hydrogen-bond acceptors (Lipinski definition) is 6. The maximum atomic E-state index is 12.7. The number of nitrogens with zero attached hydrogens (tertiary/aromatic N) is 2. The summed E-state index contributed by atoms with van der Waals surface area (Å²) in [6.07, 6.45) is 0.931. The Morgan fingerprint density at radius 1 is 1.27 bits per heavy atom. The summed E-state index contributed by atoms with van der Waals surface area (Å²) in [4.78, 5) is 13.9. The van der Waals surface area contributed by atoms with Crippen LogP contribution in [0.25, 0.3) is 10.2 Å². The molecule has 2 heterocycles. The molecule has 1 aliphatic carbocycles. The van der Waals surface area contributed by atoms with Crippen molar-refractivity contribution in [3.05, 3.63) is 46.0 Å². The maximum absolute atomic E-state index is 12.7. The molecule has 6 nitrogen and oxygen atoms in total. The zero-order valence-electron chi connectivity index (χ0n) is 14.9. The summed E-state index contributed by atoms with van der Waals surface area (Å²) in [7, 11) is 1.65. The molecule has 1 fully saturated rings. The predicted octanol–water partition coefficient (Wildman–Crippen LogP) is 3.18. The molecule has 3 aromatic rings. The molecule has 0 bridgehead atoms. The van der Waals surface area contributed by atoms with E-state index in [-0.39, 0.29) is 11.9 Å². The Morgan fingerprint density at radius 2 is 2.00 bits per heavy atom. The van der Waals surface area contributed by atoms with E-state index in [1.807, 2.05) is 38.1 Å². The Hall–Kier alpha value is -2.67. The smallest absolute Gasteiger partial charge is 0.263 e. The van der Waals surface area contributed by atoms with Gasteiger partial charge in [-0.2, -0.15) is 5.10 Å². The van der Waals surface area contributed by atoms with Crippen LogP contribution in [0.1, 0.15) is 38.8 Å². The molecule has 1 saturated carbocycles. The number of nitrogens with one attached hydrogen (secondary N) is 1. The highest BCUT2D eigenvalue weighted by molar-refractivity contribution is 7.21. The number of fused-ring (bicyclic) bond motifs is 1. The van der Waals surface area contributed by atoms with Crippen molar-refractivity contribution in [2.45, 2.75) is 32.2 Å². The molecular formula is C19H20N4O2S. The Morgan fingerprint density at radius 3 is 2.69 bits per heavy atom. The fourth-order valence-electron chi connectivity index (χ4n) is 3.22. The van der Waals surface area contributed by atoms with Gasteiger partial charge in [0.1, 0.15) is 15.5 Å². The second-order valence-corrected chi connectivity index (χ2v) is 7.63. The second kappa shape index (κ2) is 6.25. The van der Waals surface area contributed by atoms with Crippen LogP contribution < -0.4 is 15.8 Å². The summed E-state index contributed by atoms with van der Waals surface area (Å²) in [5, 5.41) is 12.2. The van der Waals surface area contributed by atoms with Gasteiger partial charge in [0.25, 0.3) is 5.91 Å². The van der Waals surface area contributed by atoms with E-state index in [4.69, 9.17) is 10.5 Å². The number of carbonyl (C=O) groups excluding carboxylic acids is 1. The first-order valence-electron chi connectivity index (χ1n) is 8.46. The van der Waals surface area contributed by atoms with E-state index in [2.05, 4.69) is 15.5 Å². The maximum Gasteiger partial charge on any atom is 0.263 e. The van der Waals surface area contributed by atoms with Crippen molar-refractivity contribution in [2.24, 2.45) is 0 Å². The first-order chi connectivity index (χ1) is 12.5. The topological polar surface area (TPSA) is 90.1 Å². The predicted molar refractivity (Wildman–Crippen MR) is 103 cm³/mol. The van der Waals surface area contributed by atoms with E-state index >= 15 is 0 Å². The molecule has 3 N–H and O–H groups in total. The molecule has 0 unspecified atom stereocenters. The van der Waals surface area contributed by atoms with Crippen LogP contribution in [0.4, 0.5) is 5.69 Å². The third kappa shape index (κ3) is 2.78. The third-order valence-electron chi connectivity index (χ3n) is 4.99. The van der Waals surface area contributed by atoms with Crippen LogP contribution in [-0.2, 0) is 0 Å². The van der Waals surface area contributed by atoms with E-state index in [9.17, 15) is 4.79 Å². The quantitative estimate of drug-likeness (QED) is 0.738. The molecule has 0 aliphatic heterocycles. The van der Waals surface area contributed by atoms with Crippen molar-refractivity contribution in [3.63, 3.8) is 0 Å². The van der Waals surface area contributed by atoms with Crippen LogP contribution in [0.15, 0.2) is 24.3 Å². The molecule has 0 saturated heterocycles. The van der Waals surface area contributed by atoms with Crippen molar-refractivity contribution in [2.75, 3.05) is 12.8 Å². The van der Waals surface area contributed by atoms with Crippen LogP contribution in [0.3, 0.4) is 0 Å². The summed E-state index contributed by atoms with van der Waals surface area (Å²) in [5.74, 6) is 1.03. The number of anilines is 1. The van der Waals surface area contributed by atoms with Gasteiger partial charge in [-0.3, -0.25) is 4.79 Å². The molecule has 2 aromatic heterocycles. The molecule has 7 heteroatoms. The van der Waals surface area contributed by atoms with Crippen LogP contribution in [0, 0.1) is 13.8 Å². The lowest BCUT2D eigenvalue weighted by Gasteiger charge is -2.05. The van der Waals surface area contributed by atoms with Crippen molar-refractivity contribution in [3.8, 4) is 5.75 Å². The molecule has 0 spiro atoms. The van der Waals surface area contributed by atoms with Crippen LogP contribution >= 0.6 is 11.3 Å². The van der Waals surface area contributed by atoms with Gasteiger partial charge in [0, 0.05) is 17.3 Å². The van der Waals surface area contributed by atoms with Gasteiger partial charge in [0.05, 0.1) is 18.5 Å². The van der Waals surface area contributed by atoms with Crippen LogP contribution in [0.5, 0.6) is 5.75 Å². The number of carbonyl (C=O) groups is 1. The highest BCUT2D eigenvalue weighted by atomic mass is 32.1. The van der Waals surface area contributed by atoms with Gasteiger partial charge in [-0.05, 0) is 43.5 Å². The number of aryl methyl sites for hydroxylation is 2. The molecule has 1 aromatic carbocycles. The number of rotatable bonds is 4. The summed E-state index contributed by atoms with van der Waals surface area (Å²) in [6, 6.07) is 8.12. The lowest BCUT2D eigenvalue weighted by molar-refractivity contribution is 0.0955. The van der Waals surface area contributed by atoms with E-state index in [0.29, 0.717) is 21.3 Å². The number of aromatic nitrogens is 2. The van der Waals surface area contributed by atoms with Crippen molar-refractivity contribution in [1.82, 2.24) is 15.5 Å². The molecular weight excluding hydrogens is 348 g/mol. The van der Waals surface area contributed by atoms with E-state index in [0.717, 1.165) is 28.8 Å². The van der Waals surface area contributed by atoms with Gasteiger partial charge in [-0.1, -0.05) is 12.1 Å². The highest BCUT2D eigenvalue weighted by Crippen LogP contribution is 2.42. The summed E-state index contributed by atoms with van der Waals surface area (Å²) in [6.45, 7) is 3.85. The third-order valence-corrected chi connectivity index (χ3v) is 6.08. The standard InChI is InChI=1S/C19H20N4O2S/c1-9-10(2)22-23-19-15(9)16(20)17(26-19)18(24)21-14-8-13(14)11-4-6-12(25-3)7-5-11/h4-7,13-14H,8,20H2,1-3H3,(H,21,24)/t13-,14+/m0/s1. The number of nitrogens with two attached hydrogens (primary N) is 1. The number of ether oxygens (including phenoxy) is 1. The zero-order valence-corrected chi connectivity index (χ0v) is 15.7. The van der Waals surface area contributed by atoms with Gasteiger partial charge in [-0.25, -0.2) is 0 Å². The number of amides is 1. The lowest BCUT2D eigenvalue weighted by Crippen LogP contribution is -2.26. The minimum Gasteiger partial charge on any atom is -0.497 e. The Kier molecular flexibility index (Phi) is 4.03. The molecule has 1 amide bonds. The fourth-order valence-corrected chi connectivity index (χ4v) is 4.22. The lowest BCUT2D eigenvalue weighted by atomic mass is 10.1. The Balaban J connectivity index is 1.52. The van der Waals surface area contributed by atoms with Gasteiger partial charge in [-0.15, -0.1) is 16.4 Å². The average molecular weight is 368 g/mol. The van der Waals surface area contributed by atoms with E-state index in [1.165, 1.54) is 16.9 Å². The van der Waals surface area contributed by atoms with Crippen molar-refractivity contribution >= 4 is 33.1 Å². The Labute approximate surface area is 155 Å². The number of hydrogen-bond donors (Lipinski definition) is 2. The average Bonchev–Trinajstić information content (AvgIpc) is 3.32. The number of thiophene rings is 1. The van der Waals surface area contributed by atoms with Gasteiger partial charge >= 0.3 is 0 Å². The van der Waals surface area contributed by atoms with Gasteiger partial charge in [0.15, 0.2) is 0 Å². The first-order valence-corrected chi connectivity index (χ1v) is 9.28. The number of nitrogen functional groups attached to an aromatic ring is 1. The summed E-state index contributed by atoms with van der Waals surface area (Å²) in [5.41, 5.74) is 9.76. The van der Waals surface area contributed by atoms with Crippen LogP contribution in [0.2, 0.25) is 0 Å². The molecule has 26 heavy (non-hydrogen) atoms. The van der Waals surface area contributed by atoms with Gasteiger partial charge < -0.3 is 15.8 Å². The summed E-state index contributed by atoms with van der Waals surface area (Å²) < 4.78 is 5.19. The normalized spacial score (nSPS) is 18.7. The first kappa shape index (κ1) is 16.8. The zero-order chi connectivity index (χ0) is 18.4. The fraction of sp³-hybridized carbons (Fsp3) is 0.316. The molecule has 4 rings (SSSR count). The summed E-state index contributed by atoms with van der Waals surface area (Å²) >= 11 is 1.30. The monoisotopic (exact) mass is 368 g/mol. The molecule has 0 radical (unpaired) electrons. The molecule has 1 aliphatic rings. The van der Waals surface area contributed by atoms with Crippen LogP contribution in [-0.4, -0.2) is 29.3 Å². The molecule has 2 atom stereocenters. The number of methoxy groups -OCH3 is 1. The molecule has 134 valence electrons. The van der Waals surface area contributed by atoms with E-state index < -0.39 is 0 Å². The SMILES string of the molecule is COc1ccc([C@@H]2C[C@H]2NC(=O)c2sc3nnc(C)c(C)c3c2N)cc1. The van der Waals surface area contributed by atoms with Crippen molar-refractivity contribution < 1.29 is 9.53 Å². The highest BCUT2D eigenvalue weighted by Gasteiger charge is 2.40.